The number of hydrogen-bond donors (Lipinski definition) is 1. The number of ether oxygens (including phenoxy) is 2. The summed E-state index contributed by atoms with van der Waals surface area (Å²) in [6.45, 7) is 12.7. The molecular weight excluding hydrogens is 262 g/mol. The normalized spacial score (nSPS) is 15.0. The third kappa shape index (κ3) is 6.06. The fourth-order valence-electron chi connectivity index (χ4n) is 2.60. The van der Waals surface area contributed by atoms with Crippen LogP contribution in [0.4, 0.5) is 0 Å². The Morgan fingerprint density at radius 1 is 1.10 bits per heavy atom. The van der Waals surface area contributed by atoms with Gasteiger partial charge in [0.1, 0.15) is 5.75 Å². The Morgan fingerprint density at radius 2 is 1.71 bits per heavy atom. The zero-order valence-electron chi connectivity index (χ0n) is 14.6. The van der Waals surface area contributed by atoms with Crippen molar-refractivity contribution in [2.45, 2.75) is 71.8 Å². The molecule has 1 N–H and O–H groups in total. The van der Waals surface area contributed by atoms with Crippen molar-refractivity contribution in [1.82, 2.24) is 5.32 Å². The highest BCUT2D eigenvalue weighted by Crippen LogP contribution is 2.27. The SMILES string of the molecule is COC(C)(C)CC(C)NC(C)c1ccccc1OC(C)C. The summed E-state index contributed by atoms with van der Waals surface area (Å²) in [6, 6.07) is 8.85. The molecule has 0 amide bonds. The zero-order chi connectivity index (χ0) is 16.0. The monoisotopic (exact) mass is 293 g/mol. The first-order chi connectivity index (χ1) is 9.75. The van der Waals surface area contributed by atoms with E-state index in [0.717, 1.165) is 12.2 Å². The average Bonchev–Trinajstić information content (AvgIpc) is 2.37. The van der Waals surface area contributed by atoms with Gasteiger partial charge in [-0.1, -0.05) is 18.2 Å². The molecule has 0 bridgehead atoms. The third-order valence-electron chi connectivity index (χ3n) is 3.63. The molecule has 3 heteroatoms. The minimum absolute atomic E-state index is 0.111. The number of benzene rings is 1. The first-order valence-corrected chi connectivity index (χ1v) is 7.82. The van der Waals surface area contributed by atoms with E-state index < -0.39 is 0 Å². The lowest BCUT2D eigenvalue weighted by Crippen LogP contribution is -2.37. The molecule has 0 spiro atoms. The summed E-state index contributed by atoms with van der Waals surface area (Å²) in [5.41, 5.74) is 1.09. The van der Waals surface area contributed by atoms with Crippen LogP contribution in [0.25, 0.3) is 0 Å². The summed E-state index contributed by atoms with van der Waals surface area (Å²) in [5, 5.41) is 3.64. The largest absolute Gasteiger partial charge is 0.491 e. The van der Waals surface area contributed by atoms with Gasteiger partial charge in [-0.05, 0) is 54.0 Å². The molecule has 0 aliphatic carbocycles. The van der Waals surface area contributed by atoms with Gasteiger partial charge in [0, 0.05) is 24.8 Å². The first-order valence-electron chi connectivity index (χ1n) is 7.82. The number of methoxy groups -OCH3 is 1. The summed E-state index contributed by atoms with van der Waals surface area (Å²) in [6.07, 6.45) is 1.14. The smallest absolute Gasteiger partial charge is 0.124 e. The highest BCUT2D eigenvalue weighted by atomic mass is 16.5. The van der Waals surface area contributed by atoms with Crippen molar-refractivity contribution in [3.63, 3.8) is 0 Å². The molecule has 3 nitrogen and oxygen atoms in total. The van der Waals surface area contributed by atoms with Gasteiger partial charge in [0.05, 0.1) is 11.7 Å². The maximum Gasteiger partial charge on any atom is 0.124 e. The average molecular weight is 293 g/mol. The van der Waals surface area contributed by atoms with Crippen LogP contribution in [0.15, 0.2) is 24.3 Å². The lowest BCUT2D eigenvalue weighted by Gasteiger charge is -2.29. The summed E-state index contributed by atoms with van der Waals surface area (Å²) in [5.74, 6) is 0.964. The van der Waals surface area contributed by atoms with E-state index in [4.69, 9.17) is 9.47 Å². The molecule has 0 aliphatic heterocycles. The van der Waals surface area contributed by atoms with Gasteiger partial charge in [0.25, 0.3) is 0 Å². The van der Waals surface area contributed by atoms with Crippen LogP contribution >= 0.6 is 0 Å². The van der Waals surface area contributed by atoms with Crippen molar-refractivity contribution in [2.24, 2.45) is 0 Å². The van der Waals surface area contributed by atoms with Crippen LogP contribution in [-0.2, 0) is 4.74 Å². The highest BCUT2D eigenvalue weighted by Gasteiger charge is 2.22. The maximum atomic E-state index is 5.91. The van der Waals surface area contributed by atoms with Gasteiger partial charge in [-0.2, -0.15) is 0 Å². The lowest BCUT2D eigenvalue weighted by molar-refractivity contribution is 0.00780. The molecule has 1 aromatic rings. The summed E-state index contributed by atoms with van der Waals surface area (Å²) in [4.78, 5) is 0. The molecule has 120 valence electrons. The van der Waals surface area contributed by atoms with E-state index in [1.807, 2.05) is 12.1 Å². The molecule has 21 heavy (non-hydrogen) atoms. The molecule has 0 saturated heterocycles. The summed E-state index contributed by atoms with van der Waals surface area (Å²) < 4.78 is 11.4. The second-order valence-electron chi connectivity index (χ2n) is 6.66. The van der Waals surface area contributed by atoms with E-state index in [2.05, 4.69) is 59.0 Å². The number of hydrogen-bond acceptors (Lipinski definition) is 3. The van der Waals surface area contributed by atoms with Gasteiger partial charge in [-0.3, -0.25) is 0 Å². The van der Waals surface area contributed by atoms with Gasteiger partial charge in [-0.15, -0.1) is 0 Å². The van der Waals surface area contributed by atoms with Crippen molar-refractivity contribution >= 4 is 0 Å². The number of rotatable bonds is 8. The standard InChI is InChI=1S/C18H31NO2/c1-13(2)21-17-11-9-8-10-16(17)15(4)19-14(3)12-18(5,6)20-7/h8-11,13-15,19H,12H2,1-7H3. The van der Waals surface area contributed by atoms with Gasteiger partial charge < -0.3 is 14.8 Å². The zero-order valence-corrected chi connectivity index (χ0v) is 14.6. The van der Waals surface area contributed by atoms with Gasteiger partial charge in [0.15, 0.2) is 0 Å². The topological polar surface area (TPSA) is 30.5 Å². The molecule has 0 radical (unpaired) electrons. The number of para-hydroxylation sites is 1. The van der Waals surface area contributed by atoms with Crippen LogP contribution in [0.2, 0.25) is 0 Å². The molecule has 0 aromatic heterocycles. The minimum Gasteiger partial charge on any atom is -0.491 e. The Labute approximate surface area is 130 Å². The highest BCUT2D eigenvalue weighted by molar-refractivity contribution is 5.35. The van der Waals surface area contributed by atoms with Crippen molar-refractivity contribution in [3.05, 3.63) is 29.8 Å². The second-order valence-corrected chi connectivity index (χ2v) is 6.66. The van der Waals surface area contributed by atoms with Crippen LogP contribution in [0.1, 0.15) is 59.6 Å². The Bertz CT molecular complexity index is 429. The summed E-state index contributed by atoms with van der Waals surface area (Å²) in [7, 11) is 1.77. The molecule has 2 atom stereocenters. The van der Waals surface area contributed by atoms with Crippen molar-refractivity contribution in [2.75, 3.05) is 7.11 Å². The molecule has 0 saturated carbocycles. The molecule has 0 heterocycles. The molecule has 0 fully saturated rings. The molecular formula is C18H31NO2. The van der Waals surface area contributed by atoms with E-state index in [9.17, 15) is 0 Å². The van der Waals surface area contributed by atoms with Gasteiger partial charge in [0.2, 0.25) is 0 Å². The van der Waals surface area contributed by atoms with E-state index in [0.29, 0.717) is 6.04 Å². The van der Waals surface area contributed by atoms with Gasteiger partial charge >= 0.3 is 0 Å². The third-order valence-corrected chi connectivity index (χ3v) is 3.63. The van der Waals surface area contributed by atoms with Crippen LogP contribution in [-0.4, -0.2) is 24.9 Å². The molecule has 2 unspecified atom stereocenters. The fraction of sp³-hybridized carbons (Fsp3) is 0.667. The summed E-state index contributed by atoms with van der Waals surface area (Å²) >= 11 is 0. The molecule has 0 aliphatic rings. The predicted molar refractivity (Wildman–Crippen MR) is 88.9 cm³/mol. The predicted octanol–water partition coefficient (Wildman–Crippen LogP) is 4.33. The molecule has 1 aromatic carbocycles. The van der Waals surface area contributed by atoms with Gasteiger partial charge in [-0.25, -0.2) is 0 Å². The van der Waals surface area contributed by atoms with Crippen molar-refractivity contribution in [1.29, 1.82) is 0 Å². The first kappa shape index (κ1) is 18.0. The fourth-order valence-corrected chi connectivity index (χ4v) is 2.60. The van der Waals surface area contributed by atoms with Crippen LogP contribution in [0.5, 0.6) is 5.75 Å². The molecule has 1 rings (SSSR count). The lowest BCUT2D eigenvalue weighted by atomic mass is 9.98. The van der Waals surface area contributed by atoms with E-state index in [1.165, 1.54) is 5.56 Å². The number of nitrogens with one attached hydrogen (secondary N) is 1. The van der Waals surface area contributed by atoms with Crippen molar-refractivity contribution < 1.29 is 9.47 Å². The quantitative estimate of drug-likeness (QED) is 0.774. The van der Waals surface area contributed by atoms with Crippen LogP contribution < -0.4 is 10.1 Å². The Kier molecular flexibility index (Phi) is 6.69. The second kappa shape index (κ2) is 7.81. The van der Waals surface area contributed by atoms with Crippen molar-refractivity contribution in [3.8, 4) is 5.75 Å². The van der Waals surface area contributed by atoms with Crippen LogP contribution in [0, 0.1) is 0 Å². The van der Waals surface area contributed by atoms with E-state index in [-0.39, 0.29) is 17.7 Å². The van der Waals surface area contributed by atoms with E-state index in [1.54, 1.807) is 7.11 Å². The maximum absolute atomic E-state index is 5.91. The van der Waals surface area contributed by atoms with Crippen LogP contribution in [0.3, 0.4) is 0 Å². The Hall–Kier alpha value is -1.06. The Morgan fingerprint density at radius 3 is 2.29 bits per heavy atom. The Balaban J connectivity index is 2.73. The van der Waals surface area contributed by atoms with E-state index >= 15 is 0 Å². The minimum atomic E-state index is -0.111.